The zero-order valence-corrected chi connectivity index (χ0v) is 7.60. The number of carbonyl (C=O) groups is 1. The van der Waals surface area contributed by atoms with Crippen molar-refractivity contribution in [2.24, 2.45) is 0 Å². The van der Waals surface area contributed by atoms with Gasteiger partial charge in [0.05, 0.1) is 11.3 Å². The number of fused-ring (bicyclic) bond motifs is 1. The van der Waals surface area contributed by atoms with Crippen LogP contribution in [0.5, 0.6) is 0 Å². The SMILES string of the molecule is CCc1ccc2c(c1)C(F)(F)C(=O)N2. The third-order valence-electron chi connectivity index (χ3n) is 2.36. The van der Waals surface area contributed by atoms with Gasteiger partial charge < -0.3 is 5.32 Å². The second kappa shape index (κ2) is 2.77. The van der Waals surface area contributed by atoms with Gasteiger partial charge in [0, 0.05) is 0 Å². The Bertz CT molecular complexity index is 401. The van der Waals surface area contributed by atoms with Crippen molar-refractivity contribution in [2.75, 3.05) is 5.32 Å². The number of hydrogen-bond acceptors (Lipinski definition) is 1. The molecule has 1 aromatic rings. The number of halogens is 2. The van der Waals surface area contributed by atoms with Gasteiger partial charge >= 0.3 is 5.92 Å². The topological polar surface area (TPSA) is 29.1 Å². The molecule has 0 atom stereocenters. The lowest BCUT2D eigenvalue weighted by Crippen LogP contribution is -2.23. The minimum Gasteiger partial charge on any atom is -0.320 e. The van der Waals surface area contributed by atoms with E-state index < -0.39 is 11.8 Å². The van der Waals surface area contributed by atoms with E-state index in [0.717, 1.165) is 5.56 Å². The Kier molecular flexibility index (Phi) is 1.80. The van der Waals surface area contributed by atoms with Crippen molar-refractivity contribution in [3.63, 3.8) is 0 Å². The minimum atomic E-state index is -3.37. The summed E-state index contributed by atoms with van der Waals surface area (Å²) in [6, 6.07) is 4.64. The summed E-state index contributed by atoms with van der Waals surface area (Å²) in [5, 5.41) is 2.15. The number of aryl methyl sites for hydroxylation is 1. The Balaban J connectivity index is 2.56. The lowest BCUT2D eigenvalue weighted by Gasteiger charge is -2.07. The van der Waals surface area contributed by atoms with Crippen LogP contribution in [0.1, 0.15) is 18.1 Å². The Morgan fingerprint density at radius 1 is 1.43 bits per heavy atom. The smallest absolute Gasteiger partial charge is 0.320 e. The van der Waals surface area contributed by atoms with E-state index in [9.17, 15) is 13.6 Å². The number of nitrogens with one attached hydrogen (secondary N) is 1. The van der Waals surface area contributed by atoms with Gasteiger partial charge in [-0.05, 0) is 24.1 Å². The highest BCUT2D eigenvalue weighted by Crippen LogP contribution is 2.40. The molecule has 0 spiro atoms. The molecule has 1 aliphatic rings. The maximum atomic E-state index is 13.2. The number of rotatable bonds is 1. The molecule has 0 saturated heterocycles. The lowest BCUT2D eigenvalue weighted by molar-refractivity contribution is -0.139. The molecule has 0 aromatic heterocycles. The first kappa shape index (κ1) is 9.12. The molecular formula is C10H9F2NO. The molecule has 1 amide bonds. The van der Waals surface area contributed by atoms with Gasteiger partial charge in [0.1, 0.15) is 0 Å². The van der Waals surface area contributed by atoms with E-state index in [2.05, 4.69) is 5.32 Å². The van der Waals surface area contributed by atoms with Crippen molar-refractivity contribution in [3.8, 4) is 0 Å². The number of hydrogen-bond donors (Lipinski definition) is 1. The molecule has 0 fully saturated rings. The van der Waals surface area contributed by atoms with Gasteiger partial charge in [-0.1, -0.05) is 13.0 Å². The molecule has 4 heteroatoms. The van der Waals surface area contributed by atoms with Crippen molar-refractivity contribution in [2.45, 2.75) is 19.3 Å². The van der Waals surface area contributed by atoms with Crippen LogP contribution < -0.4 is 5.32 Å². The zero-order chi connectivity index (χ0) is 10.3. The van der Waals surface area contributed by atoms with E-state index >= 15 is 0 Å². The molecule has 0 saturated carbocycles. The first-order valence-corrected chi connectivity index (χ1v) is 4.38. The third-order valence-corrected chi connectivity index (χ3v) is 2.36. The van der Waals surface area contributed by atoms with Crippen LogP contribution in [0.2, 0.25) is 0 Å². The number of carbonyl (C=O) groups excluding carboxylic acids is 1. The van der Waals surface area contributed by atoms with Crippen LogP contribution in [0.3, 0.4) is 0 Å². The number of benzene rings is 1. The molecule has 2 rings (SSSR count). The fourth-order valence-corrected chi connectivity index (χ4v) is 1.50. The predicted molar refractivity (Wildman–Crippen MR) is 48.3 cm³/mol. The molecular weight excluding hydrogens is 188 g/mol. The first-order chi connectivity index (χ1) is 6.55. The van der Waals surface area contributed by atoms with E-state index in [1.54, 1.807) is 6.07 Å². The van der Waals surface area contributed by atoms with Gasteiger partial charge in [0.2, 0.25) is 0 Å². The highest BCUT2D eigenvalue weighted by atomic mass is 19.3. The number of amides is 1. The fourth-order valence-electron chi connectivity index (χ4n) is 1.50. The monoisotopic (exact) mass is 197 g/mol. The van der Waals surface area contributed by atoms with Crippen LogP contribution in [0.15, 0.2) is 18.2 Å². The van der Waals surface area contributed by atoms with Crippen molar-refractivity contribution in [1.82, 2.24) is 0 Å². The van der Waals surface area contributed by atoms with E-state index in [-0.39, 0.29) is 11.3 Å². The highest BCUT2D eigenvalue weighted by Gasteiger charge is 2.48. The van der Waals surface area contributed by atoms with Crippen LogP contribution in [-0.4, -0.2) is 5.91 Å². The Labute approximate surface area is 79.9 Å². The summed E-state index contributed by atoms with van der Waals surface area (Å²) in [6.45, 7) is 1.88. The van der Waals surface area contributed by atoms with Crippen LogP contribution in [-0.2, 0) is 17.1 Å². The molecule has 74 valence electrons. The normalized spacial score (nSPS) is 17.8. The largest absolute Gasteiger partial charge is 0.352 e. The molecule has 1 aliphatic heterocycles. The molecule has 1 N–H and O–H groups in total. The summed E-state index contributed by atoms with van der Waals surface area (Å²) in [6.07, 6.45) is 0.678. The Morgan fingerprint density at radius 2 is 2.14 bits per heavy atom. The van der Waals surface area contributed by atoms with Crippen LogP contribution in [0.4, 0.5) is 14.5 Å². The van der Waals surface area contributed by atoms with Crippen molar-refractivity contribution in [3.05, 3.63) is 29.3 Å². The number of anilines is 1. The first-order valence-electron chi connectivity index (χ1n) is 4.38. The van der Waals surface area contributed by atoms with Crippen LogP contribution in [0, 0.1) is 0 Å². The molecule has 14 heavy (non-hydrogen) atoms. The second-order valence-corrected chi connectivity index (χ2v) is 3.26. The summed E-state index contributed by atoms with van der Waals surface area (Å²) < 4.78 is 26.5. The average Bonchev–Trinajstić information content (AvgIpc) is 2.38. The summed E-state index contributed by atoms with van der Waals surface area (Å²) in [5.41, 5.74) is 0.818. The van der Waals surface area contributed by atoms with E-state index in [0.29, 0.717) is 6.42 Å². The summed E-state index contributed by atoms with van der Waals surface area (Å²) >= 11 is 0. The van der Waals surface area contributed by atoms with Gasteiger partial charge in [0.15, 0.2) is 0 Å². The minimum absolute atomic E-state index is 0.207. The molecule has 0 bridgehead atoms. The second-order valence-electron chi connectivity index (χ2n) is 3.26. The molecule has 0 radical (unpaired) electrons. The van der Waals surface area contributed by atoms with Gasteiger partial charge in [-0.2, -0.15) is 8.78 Å². The molecule has 1 aromatic carbocycles. The van der Waals surface area contributed by atoms with E-state index in [4.69, 9.17) is 0 Å². The van der Waals surface area contributed by atoms with Crippen molar-refractivity contribution < 1.29 is 13.6 Å². The summed E-state index contributed by atoms with van der Waals surface area (Å²) in [5.74, 6) is -4.61. The Hall–Kier alpha value is -1.45. The van der Waals surface area contributed by atoms with E-state index in [1.165, 1.54) is 12.1 Å². The standard InChI is InChI=1S/C10H9F2NO/c1-2-6-3-4-8-7(5-6)10(11,12)9(14)13-8/h3-5H,2H2,1H3,(H,13,14). The quantitative estimate of drug-likeness (QED) is 0.735. The third kappa shape index (κ3) is 1.10. The van der Waals surface area contributed by atoms with Gasteiger partial charge in [-0.15, -0.1) is 0 Å². The molecule has 0 aliphatic carbocycles. The zero-order valence-electron chi connectivity index (χ0n) is 7.60. The van der Waals surface area contributed by atoms with Gasteiger partial charge in [-0.25, -0.2) is 0 Å². The van der Waals surface area contributed by atoms with Crippen molar-refractivity contribution in [1.29, 1.82) is 0 Å². The maximum Gasteiger partial charge on any atom is 0.352 e. The summed E-state index contributed by atoms with van der Waals surface area (Å²) in [4.78, 5) is 10.9. The van der Waals surface area contributed by atoms with Crippen LogP contribution in [0.25, 0.3) is 0 Å². The predicted octanol–water partition coefficient (Wildman–Crippen LogP) is 2.29. The average molecular weight is 197 g/mol. The van der Waals surface area contributed by atoms with Gasteiger partial charge in [0.25, 0.3) is 5.91 Å². The highest BCUT2D eigenvalue weighted by molar-refractivity contribution is 6.03. The van der Waals surface area contributed by atoms with Gasteiger partial charge in [-0.3, -0.25) is 4.79 Å². The Morgan fingerprint density at radius 3 is 2.79 bits per heavy atom. The fraction of sp³-hybridized carbons (Fsp3) is 0.300. The summed E-state index contributed by atoms with van der Waals surface area (Å²) in [7, 11) is 0. The molecule has 1 heterocycles. The molecule has 2 nitrogen and oxygen atoms in total. The maximum absolute atomic E-state index is 13.2. The van der Waals surface area contributed by atoms with E-state index in [1.807, 2.05) is 6.92 Å². The lowest BCUT2D eigenvalue weighted by atomic mass is 10.0. The molecule has 0 unspecified atom stereocenters. The van der Waals surface area contributed by atoms with Crippen LogP contribution >= 0.6 is 0 Å². The van der Waals surface area contributed by atoms with Crippen molar-refractivity contribution >= 4 is 11.6 Å². The number of alkyl halides is 2.